The van der Waals surface area contributed by atoms with E-state index in [0.717, 1.165) is 34.0 Å². The summed E-state index contributed by atoms with van der Waals surface area (Å²) in [5.74, 6) is -0.191. The minimum absolute atomic E-state index is 0.0818. The number of aromatic nitrogens is 1. The number of carbonyl (C=O) groups excluding carboxylic acids is 1. The molecular weight excluding hydrogens is 294 g/mol. The lowest BCUT2D eigenvalue weighted by atomic mass is 9.98. The molecule has 0 radical (unpaired) electrons. The van der Waals surface area contributed by atoms with E-state index in [2.05, 4.69) is 27.5 Å². The smallest absolute Gasteiger partial charge is 0.309 e. The zero-order valence-corrected chi connectivity index (χ0v) is 12.0. The van der Waals surface area contributed by atoms with Crippen molar-refractivity contribution in [3.05, 3.63) is 34.6 Å². The van der Waals surface area contributed by atoms with E-state index in [1.165, 1.54) is 0 Å². The molecule has 0 saturated heterocycles. The molecule has 0 amide bonds. The maximum absolute atomic E-state index is 11.9. The molecule has 1 aliphatic rings. The highest BCUT2D eigenvalue weighted by atomic mass is 79.9. The summed E-state index contributed by atoms with van der Waals surface area (Å²) >= 11 is 3.50. The second-order valence-corrected chi connectivity index (χ2v) is 5.30. The maximum atomic E-state index is 11.9. The third-order valence-corrected chi connectivity index (χ3v) is 3.93. The van der Waals surface area contributed by atoms with Gasteiger partial charge in [-0.05, 0) is 58.8 Å². The predicted octanol–water partition coefficient (Wildman–Crippen LogP) is 3.37. The lowest BCUT2D eigenvalue weighted by Gasteiger charge is -2.13. The van der Waals surface area contributed by atoms with Crippen LogP contribution in [0.15, 0.2) is 23.4 Å². The largest absolute Gasteiger partial charge is 0.466 e. The molecule has 0 bridgehead atoms. The summed E-state index contributed by atoms with van der Waals surface area (Å²) in [7, 11) is 0. The molecular formula is C14H16BrNO2. The van der Waals surface area contributed by atoms with E-state index < -0.39 is 0 Å². The highest BCUT2D eigenvalue weighted by Crippen LogP contribution is 2.34. The van der Waals surface area contributed by atoms with Gasteiger partial charge in [0.2, 0.25) is 0 Å². The molecule has 3 nitrogen and oxygen atoms in total. The number of hydrogen-bond acceptors (Lipinski definition) is 3. The number of rotatable bonds is 2. The van der Waals surface area contributed by atoms with Gasteiger partial charge in [0.15, 0.2) is 0 Å². The van der Waals surface area contributed by atoms with E-state index in [4.69, 9.17) is 4.74 Å². The standard InChI is InChI=1S/C14H16BrNO2/c1-3-18-14(17)10-5-4-9(2)12-7-16-8-13(15)11(12)6-10/h7-8,10H,2-6H2,1H3. The van der Waals surface area contributed by atoms with Crippen LogP contribution in [0.2, 0.25) is 0 Å². The van der Waals surface area contributed by atoms with Gasteiger partial charge in [-0.15, -0.1) is 0 Å². The van der Waals surface area contributed by atoms with E-state index in [1.807, 2.05) is 13.1 Å². The second-order valence-electron chi connectivity index (χ2n) is 4.44. The summed E-state index contributed by atoms with van der Waals surface area (Å²) in [4.78, 5) is 16.1. The molecule has 1 unspecified atom stereocenters. The van der Waals surface area contributed by atoms with Gasteiger partial charge in [0.05, 0.1) is 12.5 Å². The Morgan fingerprint density at radius 3 is 3.11 bits per heavy atom. The monoisotopic (exact) mass is 309 g/mol. The van der Waals surface area contributed by atoms with Crippen LogP contribution in [-0.4, -0.2) is 17.6 Å². The minimum atomic E-state index is -0.109. The molecule has 1 aromatic heterocycles. The van der Waals surface area contributed by atoms with Crippen molar-refractivity contribution in [2.75, 3.05) is 6.61 Å². The Hall–Kier alpha value is -1.16. The van der Waals surface area contributed by atoms with Gasteiger partial charge in [-0.2, -0.15) is 0 Å². The molecule has 2 rings (SSSR count). The normalized spacial score (nSPS) is 19.0. The summed E-state index contributed by atoms with van der Waals surface area (Å²) in [6.07, 6.45) is 5.89. The van der Waals surface area contributed by atoms with Crippen LogP contribution in [0, 0.1) is 5.92 Å². The lowest BCUT2D eigenvalue weighted by molar-refractivity contribution is -0.148. The molecule has 0 saturated carbocycles. The zero-order valence-electron chi connectivity index (χ0n) is 10.4. The molecule has 1 heterocycles. The van der Waals surface area contributed by atoms with Gasteiger partial charge in [0.1, 0.15) is 0 Å². The molecule has 4 heteroatoms. The molecule has 18 heavy (non-hydrogen) atoms. The number of halogens is 1. The molecule has 1 aliphatic carbocycles. The molecule has 0 aromatic carbocycles. The fraction of sp³-hybridized carbons (Fsp3) is 0.429. The van der Waals surface area contributed by atoms with Crippen molar-refractivity contribution in [3.8, 4) is 0 Å². The van der Waals surface area contributed by atoms with Gasteiger partial charge in [0, 0.05) is 16.9 Å². The van der Waals surface area contributed by atoms with Gasteiger partial charge < -0.3 is 4.74 Å². The lowest BCUT2D eigenvalue weighted by Crippen LogP contribution is -2.19. The van der Waals surface area contributed by atoms with E-state index >= 15 is 0 Å². The maximum Gasteiger partial charge on any atom is 0.309 e. The van der Waals surface area contributed by atoms with Crippen LogP contribution in [0.3, 0.4) is 0 Å². The number of fused-ring (bicyclic) bond motifs is 1. The summed E-state index contributed by atoms with van der Waals surface area (Å²) < 4.78 is 6.07. The minimum Gasteiger partial charge on any atom is -0.466 e. The number of pyridine rings is 1. The Balaban J connectivity index is 2.32. The summed E-state index contributed by atoms with van der Waals surface area (Å²) in [6, 6.07) is 0. The number of carbonyl (C=O) groups is 1. The Labute approximate surface area is 115 Å². The summed E-state index contributed by atoms with van der Waals surface area (Å²) in [6.45, 7) is 6.35. The average Bonchev–Trinajstić information content (AvgIpc) is 2.51. The van der Waals surface area contributed by atoms with Gasteiger partial charge in [-0.3, -0.25) is 9.78 Å². The SMILES string of the molecule is C=C1CCC(C(=O)OCC)Cc2c(Br)cncc21. The summed E-state index contributed by atoms with van der Waals surface area (Å²) in [5, 5.41) is 0. The number of esters is 1. The summed E-state index contributed by atoms with van der Waals surface area (Å²) in [5.41, 5.74) is 3.23. The topological polar surface area (TPSA) is 39.2 Å². The predicted molar refractivity (Wildman–Crippen MR) is 74.0 cm³/mol. The first-order valence-corrected chi connectivity index (χ1v) is 6.90. The van der Waals surface area contributed by atoms with E-state index in [1.54, 1.807) is 6.20 Å². The molecule has 0 spiro atoms. The van der Waals surface area contributed by atoms with Crippen LogP contribution >= 0.6 is 15.9 Å². The Morgan fingerprint density at radius 1 is 1.61 bits per heavy atom. The molecule has 1 atom stereocenters. The second kappa shape index (κ2) is 5.65. The van der Waals surface area contributed by atoms with Crippen molar-refractivity contribution >= 4 is 27.5 Å². The third-order valence-electron chi connectivity index (χ3n) is 3.25. The van der Waals surface area contributed by atoms with Crippen molar-refractivity contribution in [2.24, 2.45) is 5.92 Å². The van der Waals surface area contributed by atoms with Crippen LogP contribution < -0.4 is 0 Å². The van der Waals surface area contributed by atoms with Crippen molar-refractivity contribution < 1.29 is 9.53 Å². The van der Waals surface area contributed by atoms with E-state index in [9.17, 15) is 4.79 Å². The van der Waals surface area contributed by atoms with Crippen molar-refractivity contribution in [1.29, 1.82) is 0 Å². The Morgan fingerprint density at radius 2 is 2.39 bits per heavy atom. The molecule has 1 aromatic rings. The Kier molecular flexibility index (Phi) is 4.17. The molecule has 96 valence electrons. The van der Waals surface area contributed by atoms with Crippen LogP contribution in [0.25, 0.3) is 5.57 Å². The van der Waals surface area contributed by atoms with Crippen LogP contribution in [-0.2, 0) is 16.0 Å². The van der Waals surface area contributed by atoms with Gasteiger partial charge in [0.25, 0.3) is 0 Å². The number of hydrogen-bond donors (Lipinski definition) is 0. The average molecular weight is 310 g/mol. The first-order valence-electron chi connectivity index (χ1n) is 6.10. The Bertz CT molecular complexity index is 485. The first kappa shape index (κ1) is 13.3. The van der Waals surface area contributed by atoms with Crippen LogP contribution in [0.1, 0.15) is 30.9 Å². The van der Waals surface area contributed by atoms with Crippen molar-refractivity contribution in [1.82, 2.24) is 4.98 Å². The fourth-order valence-corrected chi connectivity index (χ4v) is 2.76. The van der Waals surface area contributed by atoms with Gasteiger partial charge in [-0.1, -0.05) is 6.58 Å². The number of allylic oxidation sites excluding steroid dienone is 1. The first-order chi connectivity index (χ1) is 8.63. The quantitative estimate of drug-likeness (QED) is 0.621. The van der Waals surface area contributed by atoms with Gasteiger partial charge in [-0.25, -0.2) is 0 Å². The van der Waals surface area contributed by atoms with Crippen molar-refractivity contribution in [3.63, 3.8) is 0 Å². The fourth-order valence-electron chi connectivity index (χ4n) is 2.27. The van der Waals surface area contributed by atoms with E-state index in [0.29, 0.717) is 13.0 Å². The van der Waals surface area contributed by atoms with Gasteiger partial charge >= 0.3 is 5.97 Å². The third kappa shape index (κ3) is 2.64. The number of nitrogens with zero attached hydrogens (tertiary/aromatic N) is 1. The van der Waals surface area contributed by atoms with Crippen LogP contribution in [0.4, 0.5) is 0 Å². The van der Waals surface area contributed by atoms with Crippen LogP contribution in [0.5, 0.6) is 0 Å². The molecule has 0 fully saturated rings. The molecule has 0 N–H and O–H groups in total. The highest BCUT2D eigenvalue weighted by molar-refractivity contribution is 9.10. The highest BCUT2D eigenvalue weighted by Gasteiger charge is 2.26. The number of ether oxygens (including phenoxy) is 1. The zero-order chi connectivity index (χ0) is 13.1. The van der Waals surface area contributed by atoms with Crippen molar-refractivity contribution in [2.45, 2.75) is 26.2 Å². The molecule has 0 aliphatic heterocycles. The van der Waals surface area contributed by atoms with E-state index in [-0.39, 0.29) is 11.9 Å².